The fourth-order valence-corrected chi connectivity index (χ4v) is 6.03. The number of Topliss-reactive ketones (excluding diaryl/α,β-unsaturated/α-hetero) is 1. The maximum atomic E-state index is 13.3. The summed E-state index contributed by atoms with van der Waals surface area (Å²) < 4.78 is 5.40. The van der Waals surface area contributed by atoms with Crippen LogP contribution in [0.25, 0.3) is 0 Å². The molecule has 33 heavy (non-hydrogen) atoms. The zero-order valence-corrected chi connectivity index (χ0v) is 20.8. The van der Waals surface area contributed by atoms with Gasteiger partial charge >= 0.3 is 0 Å². The Bertz CT molecular complexity index is 970. The van der Waals surface area contributed by atoms with Crippen molar-refractivity contribution in [1.29, 1.82) is 0 Å². The first-order valence-electron chi connectivity index (χ1n) is 11.7. The van der Waals surface area contributed by atoms with Crippen LogP contribution in [-0.4, -0.2) is 74.0 Å². The van der Waals surface area contributed by atoms with E-state index in [0.29, 0.717) is 24.4 Å². The number of amides is 1. The Morgan fingerprint density at radius 1 is 1.09 bits per heavy atom. The molecule has 1 fully saturated rings. The van der Waals surface area contributed by atoms with Gasteiger partial charge in [-0.15, -0.1) is 11.3 Å². The van der Waals surface area contributed by atoms with Crippen LogP contribution in [-0.2, 0) is 35.3 Å². The van der Waals surface area contributed by atoms with E-state index in [1.165, 1.54) is 4.88 Å². The quantitative estimate of drug-likeness (QED) is 0.586. The Balaban J connectivity index is 1.46. The van der Waals surface area contributed by atoms with Crippen molar-refractivity contribution in [3.63, 3.8) is 0 Å². The van der Waals surface area contributed by atoms with E-state index in [-0.39, 0.29) is 11.7 Å². The smallest absolute Gasteiger partial charge is 0.252 e. The lowest BCUT2D eigenvalue weighted by Crippen LogP contribution is -2.41. The highest BCUT2D eigenvalue weighted by Crippen LogP contribution is 2.34. The third-order valence-corrected chi connectivity index (χ3v) is 7.84. The molecule has 8 heteroatoms. The van der Waals surface area contributed by atoms with E-state index in [1.807, 2.05) is 12.1 Å². The number of ether oxygens (including phenoxy) is 1. The molecule has 0 atom stereocenters. The number of carbonyl (C=O) groups excluding carboxylic acids is 2. The van der Waals surface area contributed by atoms with Crippen molar-refractivity contribution in [3.8, 4) is 0 Å². The van der Waals surface area contributed by atoms with Gasteiger partial charge < -0.3 is 10.1 Å². The van der Waals surface area contributed by atoms with Crippen molar-refractivity contribution in [2.45, 2.75) is 32.7 Å². The number of hydrogen-bond acceptors (Lipinski definition) is 6. The number of nitrogens with zero attached hydrogens (tertiary/aromatic N) is 2. The summed E-state index contributed by atoms with van der Waals surface area (Å²) in [6, 6.07) is 7.39. The lowest BCUT2D eigenvalue weighted by molar-refractivity contribution is -0.117. The number of halogens is 1. The zero-order chi connectivity index (χ0) is 23.2. The van der Waals surface area contributed by atoms with Crippen LogP contribution in [0.2, 0.25) is 5.02 Å². The molecule has 2 aromatic rings. The predicted octanol–water partition coefficient (Wildman–Crippen LogP) is 3.20. The van der Waals surface area contributed by atoms with Gasteiger partial charge in [0.2, 0.25) is 0 Å². The second-order valence-corrected chi connectivity index (χ2v) is 10.3. The third-order valence-electron chi connectivity index (χ3n) is 6.37. The summed E-state index contributed by atoms with van der Waals surface area (Å²) in [5.41, 5.74) is 2.83. The van der Waals surface area contributed by atoms with Crippen molar-refractivity contribution in [1.82, 2.24) is 15.1 Å². The number of rotatable bonds is 9. The Hall–Kier alpha value is -1.77. The summed E-state index contributed by atoms with van der Waals surface area (Å²) in [7, 11) is 0. The van der Waals surface area contributed by atoms with Crippen molar-refractivity contribution >= 4 is 34.6 Å². The first-order chi connectivity index (χ1) is 16.0. The van der Waals surface area contributed by atoms with Gasteiger partial charge in [0.25, 0.3) is 5.91 Å². The normalized spacial score (nSPS) is 17.0. The highest BCUT2D eigenvalue weighted by atomic mass is 35.5. The van der Waals surface area contributed by atoms with E-state index in [2.05, 4.69) is 22.0 Å². The average Bonchev–Trinajstić information content (AvgIpc) is 3.17. The lowest BCUT2D eigenvalue weighted by Gasteiger charge is -2.27. The molecule has 0 aliphatic carbocycles. The highest BCUT2D eigenvalue weighted by Gasteiger charge is 2.28. The molecule has 4 rings (SSSR count). The lowest BCUT2D eigenvalue weighted by atomic mass is 9.98. The molecule has 1 amide bonds. The van der Waals surface area contributed by atoms with E-state index in [9.17, 15) is 9.59 Å². The fraction of sp³-hybridized carbons (Fsp3) is 0.520. The van der Waals surface area contributed by atoms with Gasteiger partial charge in [-0.1, -0.05) is 30.7 Å². The molecule has 1 saturated heterocycles. The van der Waals surface area contributed by atoms with Crippen LogP contribution in [0.4, 0.5) is 0 Å². The Kier molecular flexibility index (Phi) is 8.55. The molecule has 1 aromatic carbocycles. The van der Waals surface area contributed by atoms with E-state index in [4.69, 9.17) is 16.3 Å². The van der Waals surface area contributed by atoms with Crippen molar-refractivity contribution in [2.75, 3.05) is 52.5 Å². The summed E-state index contributed by atoms with van der Waals surface area (Å²) in [5, 5.41) is 3.78. The first kappa shape index (κ1) is 24.4. The number of morpholine rings is 1. The Morgan fingerprint density at radius 3 is 2.58 bits per heavy atom. The van der Waals surface area contributed by atoms with E-state index < -0.39 is 0 Å². The number of likely N-dealkylation sites (N-methyl/N-ethyl adjacent to an activating group) is 1. The number of fused-ring (bicyclic) bond motifs is 1. The summed E-state index contributed by atoms with van der Waals surface area (Å²) in [5.74, 6) is 0.0747. The molecule has 1 N–H and O–H groups in total. The number of carbonyl (C=O) groups is 2. The summed E-state index contributed by atoms with van der Waals surface area (Å²) in [6.45, 7) is 9.68. The van der Waals surface area contributed by atoms with Crippen molar-refractivity contribution in [2.24, 2.45) is 0 Å². The van der Waals surface area contributed by atoms with Crippen molar-refractivity contribution in [3.05, 3.63) is 55.7 Å². The number of thiophene rings is 1. The molecule has 3 heterocycles. The molecular weight excluding hydrogens is 458 g/mol. The summed E-state index contributed by atoms with van der Waals surface area (Å²) >= 11 is 7.61. The third kappa shape index (κ3) is 6.43. The largest absolute Gasteiger partial charge is 0.379 e. The monoisotopic (exact) mass is 489 g/mol. The minimum atomic E-state index is -0.0417. The fourth-order valence-electron chi connectivity index (χ4n) is 4.48. The number of nitrogens with one attached hydrogen (secondary N) is 1. The molecule has 0 saturated carbocycles. The SMILES string of the molecule is CCN1CCc2c(sc(CC(=O)Cc3ccc(Cl)cc3)c2C(=O)NCCN2CCOCC2)C1. The molecule has 1 aromatic heterocycles. The van der Waals surface area contributed by atoms with Gasteiger partial charge in [-0.25, -0.2) is 0 Å². The zero-order valence-electron chi connectivity index (χ0n) is 19.2. The van der Waals surface area contributed by atoms with Crippen LogP contribution in [0.1, 0.15) is 38.2 Å². The first-order valence-corrected chi connectivity index (χ1v) is 12.9. The average molecular weight is 490 g/mol. The van der Waals surface area contributed by atoms with Crippen LogP contribution in [0, 0.1) is 0 Å². The van der Waals surface area contributed by atoms with Gasteiger partial charge in [0.1, 0.15) is 5.78 Å². The van der Waals surface area contributed by atoms with Gasteiger partial charge in [0, 0.05) is 66.9 Å². The predicted molar refractivity (Wildman–Crippen MR) is 132 cm³/mol. The van der Waals surface area contributed by atoms with Crippen molar-refractivity contribution < 1.29 is 14.3 Å². The molecule has 2 aliphatic heterocycles. The topological polar surface area (TPSA) is 61.9 Å². The maximum absolute atomic E-state index is 13.3. The van der Waals surface area contributed by atoms with Gasteiger partial charge in [0.05, 0.1) is 18.8 Å². The van der Waals surface area contributed by atoms with Gasteiger partial charge in [-0.3, -0.25) is 19.4 Å². The standard InChI is InChI=1S/C25H32ClN3O3S/c1-2-28-9-7-21-23(17-28)33-22(16-20(30)15-18-3-5-19(26)6-4-18)24(21)25(31)27-8-10-29-11-13-32-14-12-29/h3-6H,2,7-17H2,1H3,(H,27,31). The second-order valence-electron chi connectivity index (χ2n) is 8.65. The molecule has 0 bridgehead atoms. The molecule has 6 nitrogen and oxygen atoms in total. The Morgan fingerprint density at radius 2 is 1.85 bits per heavy atom. The Labute approximate surface area is 204 Å². The molecular formula is C25H32ClN3O3S. The van der Waals surface area contributed by atoms with Crippen LogP contribution >= 0.6 is 22.9 Å². The minimum absolute atomic E-state index is 0.0417. The van der Waals surface area contributed by atoms with E-state index in [0.717, 1.165) is 80.5 Å². The number of hydrogen-bond donors (Lipinski definition) is 1. The van der Waals surface area contributed by atoms with Gasteiger partial charge in [0.15, 0.2) is 0 Å². The van der Waals surface area contributed by atoms with Crippen LogP contribution in [0.3, 0.4) is 0 Å². The van der Waals surface area contributed by atoms with Gasteiger partial charge in [-0.05, 0) is 36.2 Å². The summed E-state index contributed by atoms with van der Waals surface area (Å²) in [4.78, 5) is 33.0. The number of benzene rings is 1. The number of ketones is 1. The molecule has 0 radical (unpaired) electrons. The molecule has 178 valence electrons. The summed E-state index contributed by atoms with van der Waals surface area (Å²) in [6.07, 6.45) is 1.49. The minimum Gasteiger partial charge on any atom is -0.379 e. The molecule has 0 spiro atoms. The van der Waals surface area contributed by atoms with E-state index in [1.54, 1.807) is 23.5 Å². The highest BCUT2D eigenvalue weighted by molar-refractivity contribution is 7.12. The van der Waals surface area contributed by atoms with Crippen LogP contribution < -0.4 is 5.32 Å². The van der Waals surface area contributed by atoms with Crippen LogP contribution in [0.15, 0.2) is 24.3 Å². The maximum Gasteiger partial charge on any atom is 0.252 e. The van der Waals surface area contributed by atoms with Gasteiger partial charge in [-0.2, -0.15) is 0 Å². The molecule has 0 unspecified atom stereocenters. The van der Waals surface area contributed by atoms with Crippen LogP contribution in [0.5, 0.6) is 0 Å². The van der Waals surface area contributed by atoms with E-state index >= 15 is 0 Å². The molecule has 2 aliphatic rings. The second kappa shape index (κ2) is 11.6.